The lowest BCUT2D eigenvalue weighted by molar-refractivity contribution is 0.551. The topological polar surface area (TPSA) is 41.1 Å². The third-order valence-corrected chi connectivity index (χ3v) is 4.46. The van der Waals surface area contributed by atoms with Crippen molar-refractivity contribution in [2.75, 3.05) is 18.0 Å². The van der Waals surface area contributed by atoms with Gasteiger partial charge in [0.1, 0.15) is 0 Å². The minimum atomic E-state index is 0.373. The Labute approximate surface area is 145 Å². The summed E-state index contributed by atoms with van der Waals surface area (Å²) in [5, 5.41) is 4.86. The van der Waals surface area contributed by atoms with Crippen molar-refractivity contribution in [1.82, 2.24) is 15.3 Å². The van der Waals surface area contributed by atoms with E-state index in [1.165, 1.54) is 0 Å². The van der Waals surface area contributed by atoms with Gasteiger partial charge in [-0.15, -0.1) is 6.42 Å². The molecule has 1 aliphatic heterocycles. The standard InChI is InChI=1S/C17H16Cl2N4/c1-2-12-8-21-17(22-9-12)23-6-5-15(11-23)20-10-13-3-4-14(18)7-16(13)19/h1,3-4,7-9,15,20H,5-6,10-11H2. The number of hydrogen-bond acceptors (Lipinski definition) is 4. The van der Waals surface area contributed by atoms with Crippen molar-refractivity contribution in [3.63, 3.8) is 0 Å². The summed E-state index contributed by atoms with van der Waals surface area (Å²) in [6.07, 6.45) is 9.71. The number of aromatic nitrogens is 2. The van der Waals surface area contributed by atoms with Gasteiger partial charge in [-0.1, -0.05) is 35.2 Å². The van der Waals surface area contributed by atoms with Crippen LogP contribution < -0.4 is 10.2 Å². The Kier molecular flexibility index (Phi) is 5.02. The molecule has 3 rings (SSSR count). The summed E-state index contributed by atoms with van der Waals surface area (Å²) in [5.41, 5.74) is 1.74. The maximum absolute atomic E-state index is 6.20. The molecule has 6 heteroatoms. The third-order valence-electron chi connectivity index (χ3n) is 3.87. The molecule has 0 saturated carbocycles. The highest BCUT2D eigenvalue weighted by Gasteiger charge is 2.24. The molecule has 1 aromatic heterocycles. The lowest BCUT2D eigenvalue weighted by Gasteiger charge is -2.17. The summed E-state index contributed by atoms with van der Waals surface area (Å²) >= 11 is 12.1. The number of nitrogens with one attached hydrogen (secondary N) is 1. The summed E-state index contributed by atoms with van der Waals surface area (Å²) in [5.74, 6) is 3.24. The molecule has 1 aromatic carbocycles. The average Bonchev–Trinajstić information content (AvgIpc) is 3.03. The molecule has 1 unspecified atom stereocenters. The van der Waals surface area contributed by atoms with Crippen molar-refractivity contribution in [3.8, 4) is 12.3 Å². The normalized spacial score (nSPS) is 17.3. The minimum Gasteiger partial charge on any atom is -0.339 e. The quantitative estimate of drug-likeness (QED) is 0.863. The van der Waals surface area contributed by atoms with Gasteiger partial charge in [-0.05, 0) is 24.1 Å². The molecule has 1 N–H and O–H groups in total. The van der Waals surface area contributed by atoms with Crippen molar-refractivity contribution >= 4 is 29.2 Å². The van der Waals surface area contributed by atoms with Crippen molar-refractivity contribution in [1.29, 1.82) is 0 Å². The van der Waals surface area contributed by atoms with Crippen LogP contribution in [0.1, 0.15) is 17.5 Å². The second kappa shape index (κ2) is 7.18. The van der Waals surface area contributed by atoms with Crippen molar-refractivity contribution in [2.24, 2.45) is 0 Å². The van der Waals surface area contributed by atoms with Gasteiger partial charge in [0.25, 0.3) is 0 Å². The highest BCUT2D eigenvalue weighted by molar-refractivity contribution is 6.35. The van der Waals surface area contributed by atoms with Gasteiger partial charge >= 0.3 is 0 Å². The number of rotatable bonds is 4. The first-order valence-electron chi connectivity index (χ1n) is 7.36. The van der Waals surface area contributed by atoms with Gasteiger partial charge in [0.05, 0.1) is 5.56 Å². The molecule has 4 nitrogen and oxygen atoms in total. The second-order valence-electron chi connectivity index (χ2n) is 5.46. The zero-order valence-corrected chi connectivity index (χ0v) is 14.0. The number of terminal acetylenes is 1. The average molecular weight is 347 g/mol. The Balaban J connectivity index is 1.56. The van der Waals surface area contributed by atoms with Gasteiger partial charge in [0.15, 0.2) is 0 Å². The molecule has 0 bridgehead atoms. The molecule has 2 heterocycles. The van der Waals surface area contributed by atoms with E-state index in [2.05, 4.69) is 26.1 Å². The van der Waals surface area contributed by atoms with E-state index in [1.807, 2.05) is 12.1 Å². The Hall–Kier alpha value is -1.80. The van der Waals surface area contributed by atoms with Gasteiger partial charge in [0, 0.05) is 48.1 Å². The highest BCUT2D eigenvalue weighted by atomic mass is 35.5. The summed E-state index contributed by atoms with van der Waals surface area (Å²) in [6.45, 7) is 2.49. The lowest BCUT2D eigenvalue weighted by atomic mass is 10.2. The predicted octanol–water partition coefficient (Wildman–Crippen LogP) is 3.13. The lowest BCUT2D eigenvalue weighted by Crippen LogP contribution is -2.32. The molecular weight excluding hydrogens is 331 g/mol. The van der Waals surface area contributed by atoms with Crippen LogP contribution in [-0.4, -0.2) is 29.1 Å². The zero-order valence-electron chi connectivity index (χ0n) is 12.5. The Morgan fingerprint density at radius 1 is 1.30 bits per heavy atom. The van der Waals surface area contributed by atoms with Gasteiger partial charge < -0.3 is 10.2 Å². The molecule has 0 amide bonds. The number of nitrogens with zero attached hydrogens (tertiary/aromatic N) is 3. The molecule has 118 valence electrons. The van der Waals surface area contributed by atoms with E-state index < -0.39 is 0 Å². The van der Waals surface area contributed by atoms with Crippen molar-refractivity contribution in [3.05, 3.63) is 51.8 Å². The molecular formula is C17H16Cl2N4. The maximum Gasteiger partial charge on any atom is 0.225 e. The summed E-state index contributed by atoms with van der Waals surface area (Å²) < 4.78 is 0. The van der Waals surface area contributed by atoms with Crippen LogP contribution in [0.15, 0.2) is 30.6 Å². The Morgan fingerprint density at radius 2 is 2.09 bits per heavy atom. The number of anilines is 1. The molecule has 1 fully saturated rings. The van der Waals surface area contributed by atoms with E-state index in [9.17, 15) is 0 Å². The molecule has 1 saturated heterocycles. The molecule has 2 aromatic rings. The van der Waals surface area contributed by atoms with E-state index in [-0.39, 0.29) is 0 Å². The van der Waals surface area contributed by atoms with E-state index >= 15 is 0 Å². The van der Waals surface area contributed by atoms with E-state index in [4.69, 9.17) is 29.6 Å². The van der Waals surface area contributed by atoms with Crippen molar-refractivity contribution < 1.29 is 0 Å². The Morgan fingerprint density at radius 3 is 2.78 bits per heavy atom. The molecule has 1 aliphatic rings. The molecule has 0 spiro atoms. The van der Waals surface area contributed by atoms with E-state index in [0.29, 0.717) is 28.2 Å². The van der Waals surface area contributed by atoms with Gasteiger partial charge in [-0.2, -0.15) is 0 Å². The van der Waals surface area contributed by atoms with Crippen LogP contribution in [0, 0.1) is 12.3 Å². The number of hydrogen-bond donors (Lipinski definition) is 1. The first kappa shape index (κ1) is 16.1. The first-order chi connectivity index (χ1) is 11.2. The molecule has 0 radical (unpaired) electrons. The monoisotopic (exact) mass is 346 g/mol. The van der Waals surface area contributed by atoms with E-state index in [0.717, 1.165) is 31.0 Å². The maximum atomic E-state index is 6.20. The first-order valence-corrected chi connectivity index (χ1v) is 8.12. The van der Waals surface area contributed by atoms with Crippen LogP contribution in [-0.2, 0) is 6.54 Å². The van der Waals surface area contributed by atoms with Crippen LogP contribution >= 0.6 is 23.2 Å². The largest absolute Gasteiger partial charge is 0.339 e. The fraction of sp³-hybridized carbons (Fsp3) is 0.294. The SMILES string of the molecule is C#Cc1cnc(N2CCC(NCc3ccc(Cl)cc3Cl)C2)nc1. The van der Waals surface area contributed by atoms with Gasteiger partial charge in [-0.25, -0.2) is 9.97 Å². The fourth-order valence-corrected chi connectivity index (χ4v) is 3.06. The molecule has 23 heavy (non-hydrogen) atoms. The van der Waals surface area contributed by atoms with Crippen LogP contribution in [0.5, 0.6) is 0 Å². The van der Waals surface area contributed by atoms with Crippen LogP contribution in [0.2, 0.25) is 10.0 Å². The third kappa shape index (κ3) is 3.94. The summed E-state index contributed by atoms with van der Waals surface area (Å²) in [4.78, 5) is 10.8. The number of benzene rings is 1. The smallest absolute Gasteiger partial charge is 0.225 e. The van der Waals surface area contributed by atoms with Crippen LogP contribution in [0.3, 0.4) is 0 Å². The van der Waals surface area contributed by atoms with Crippen LogP contribution in [0.4, 0.5) is 5.95 Å². The predicted molar refractivity (Wildman–Crippen MR) is 93.9 cm³/mol. The van der Waals surface area contributed by atoms with Gasteiger partial charge in [-0.3, -0.25) is 0 Å². The number of halogens is 2. The Bertz CT molecular complexity index is 724. The van der Waals surface area contributed by atoms with Gasteiger partial charge in [0.2, 0.25) is 5.95 Å². The summed E-state index contributed by atoms with van der Waals surface area (Å²) in [6, 6.07) is 5.94. The highest BCUT2D eigenvalue weighted by Crippen LogP contribution is 2.22. The summed E-state index contributed by atoms with van der Waals surface area (Å²) in [7, 11) is 0. The van der Waals surface area contributed by atoms with E-state index in [1.54, 1.807) is 18.5 Å². The molecule has 0 aliphatic carbocycles. The zero-order chi connectivity index (χ0) is 16.2. The minimum absolute atomic E-state index is 0.373. The molecule has 1 atom stereocenters. The van der Waals surface area contributed by atoms with Crippen molar-refractivity contribution in [2.45, 2.75) is 19.0 Å². The second-order valence-corrected chi connectivity index (χ2v) is 6.31. The fourth-order valence-electron chi connectivity index (χ4n) is 2.59. The van der Waals surface area contributed by atoms with Crippen LogP contribution in [0.25, 0.3) is 0 Å².